The zero-order chi connectivity index (χ0) is 14.4. The third-order valence-electron chi connectivity index (χ3n) is 3.51. The van der Waals surface area contributed by atoms with Gasteiger partial charge in [-0.3, -0.25) is 9.59 Å². The van der Waals surface area contributed by atoms with Crippen molar-refractivity contribution in [2.45, 2.75) is 12.8 Å². The van der Waals surface area contributed by atoms with Crippen LogP contribution in [-0.2, 0) is 4.79 Å². The lowest BCUT2D eigenvalue weighted by Gasteiger charge is -2.22. The standard InChI is InChI=1S/C15H21N3O2.ClH/c16-8-7-14(19)17-9-4-10-18(12-11-17)15(20)13-5-2-1-3-6-13;/h1-3,5-6H,4,7-12,16H2;1H. The largest absolute Gasteiger partial charge is 0.341 e. The van der Waals surface area contributed by atoms with Crippen molar-refractivity contribution in [3.8, 4) is 0 Å². The number of rotatable bonds is 3. The molecule has 116 valence electrons. The number of carbonyl (C=O) groups is 2. The number of hydrogen-bond donors (Lipinski definition) is 1. The molecule has 0 saturated carbocycles. The van der Waals surface area contributed by atoms with Crippen LogP contribution in [0, 0.1) is 0 Å². The van der Waals surface area contributed by atoms with Gasteiger partial charge in [-0.05, 0) is 18.6 Å². The fourth-order valence-corrected chi connectivity index (χ4v) is 2.41. The van der Waals surface area contributed by atoms with Gasteiger partial charge >= 0.3 is 0 Å². The van der Waals surface area contributed by atoms with E-state index in [9.17, 15) is 9.59 Å². The highest BCUT2D eigenvalue weighted by Gasteiger charge is 2.22. The zero-order valence-electron chi connectivity index (χ0n) is 12.0. The third kappa shape index (κ3) is 4.72. The first-order chi connectivity index (χ1) is 9.72. The molecule has 0 aromatic heterocycles. The van der Waals surface area contributed by atoms with E-state index in [1.165, 1.54) is 0 Å². The van der Waals surface area contributed by atoms with E-state index >= 15 is 0 Å². The number of benzene rings is 1. The molecule has 5 nitrogen and oxygen atoms in total. The Morgan fingerprint density at radius 2 is 1.62 bits per heavy atom. The Morgan fingerprint density at radius 3 is 2.29 bits per heavy atom. The van der Waals surface area contributed by atoms with Crippen molar-refractivity contribution in [1.82, 2.24) is 9.80 Å². The SMILES string of the molecule is Cl.NCCC(=O)N1CCCN(C(=O)c2ccccc2)CC1. The molecule has 0 aliphatic carbocycles. The molecule has 2 amide bonds. The van der Waals surface area contributed by atoms with E-state index in [4.69, 9.17) is 5.73 Å². The van der Waals surface area contributed by atoms with Crippen LogP contribution in [0.25, 0.3) is 0 Å². The number of halogens is 1. The van der Waals surface area contributed by atoms with Gasteiger partial charge in [-0.25, -0.2) is 0 Å². The van der Waals surface area contributed by atoms with Crippen LogP contribution >= 0.6 is 12.4 Å². The summed E-state index contributed by atoms with van der Waals surface area (Å²) in [7, 11) is 0. The van der Waals surface area contributed by atoms with Gasteiger partial charge in [-0.15, -0.1) is 12.4 Å². The molecule has 0 bridgehead atoms. The zero-order valence-corrected chi connectivity index (χ0v) is 12.8. The first kappa shape index (κ1) is 17.5. The molecule has 0 radical (unpaired) electrons. The highest BCUT2D eigenvalue weighted by atomic mass is 35.5. The number of nitrogens with two attached hydrogens (primary N) is 1. The Kier molecular flexibility index (Phi) is 7.19. The first-order valence-electron chi connectivity index (χ1n) is 7.04. The van der Waals surface area contributed by atoms with Crippen molar-refractivity contribution >= 4 is 24.2 Å². The molecule has 2 N–H and O–H groups in total. The predicted molar refractivity (Wildman–Crippen MR) is 84.5 cm³/mol. The Labute approximate surface area is 131 Å². The molecule has 1 aliphatic heterocycles. The van der Waals surface area contributed by atoms with Gasteiger partial charge in [0.25, 0.3) is 5.91 Å². The van der Waals surface area contributed by atoms with Crippen LogP contribution in [0.5, 0.6) is 0 Å². The summed E-state index contributed by atoms with van der Waals surface area (Å²) >= 11 is 0. The minimum Gasteiger partial charge on any atom is -0.341 e. The van der Waals surface area contributed by atoms with Crippen molar-refractivity contribution in [2.75, 3.05) is 32.7 Å². The minimum absolute atomic E-state index is 0. The van der Waals surface area contributed by atoms with Crippen molar-refractivity contribution < 1.29 is 9.59 Å². The van der Waals surface area contributed by atoms with E-state index in [1.807, 2.05) is 40.1 Å². The van der Waals surface area contributed by atoms with Crippen LogP contribution in [0.15, 0.2) is 30.3 Å². The lowest BCUT2D eigenvalue weighted by molar-refractivity contribution is -0.130. The summed E-state index contributed by atoms with van der Waals surface area (Å²) in [5.41, 5.74) is 6.12. The van der Waals surface area contributed by atoms with Crippen LogP contribution in [0.2, 0.25) is 0 Å². The van der Waals surface area contributed by atoms with Gasteiger partial charge in [0.1, 0.15) is 0 Å². The molecule has 1 saturated heterocycles. The van der Waals surface area contributed by atoms with Gasteiger partial charge in [0.05, 0.1) is 0 Å². The minimum atomic E-state index is 0. The molecule has 2 rings (SSSR count). The first-order valence-corrected chi connectivity index (χ1v) is 7.04. The lowest BCUT2D eigenvalue weighted by atomic mass is 10.2. The highest BCUT2D eigenvalue weighted by Crippen LogP contribution is 2.09. The summed E-state index contributed by atoms with van der Waals surface area (Å²) in [6.07, 6.45) is 1.20. The summed E-state index contributed by atoms with van der Waals surface area (Å²) in [6.45, 7) is 2.96. The molecule has 6 heteroatoms. The van der Waals surface area contributed by atoms with Gasteiger partial charge in [0.2, 0.25) is 5.91 Å². The van der Waals surface area contributed by atoms with E-state index < -0.39 is 0 Å². The maximum Gasteiger partial charge on any atom is 0.253 e. The Balaban J connectivity index is 0.00000220. The number of amides is 2. The molecule has 21 heavy (non-hydrogen) atoms. The summed E-state index contributed by atoms with van der Waals surface area (Å²) in [6, 6.07) is 9.27. The van der Waals surface area contributed by atoms with Crippen LogP contribution in [0.4, 0.5) is 0 Å². The second-order valence-electron chi connectivity index (χ2n) is 4.93. The van der Waals surface area contributed by atoms with Crippen molar-refractivity contribution in [3.63, 3.8) is 0 Å². The molecular weight excluding hydrogens is 290 g/mol. The average molecular weight is 312 g/mol. The molecule has 0 unspecified atom stereocenters. The van der Waals surface area contributed by atoms with Gasteiger partial charge in [0, 0.05) is 44.7 Å². The van der Waals surface area contributed by atoms with Crippen molar-refractivity contribution in [2.24, 2.45) is 5.73 Å². The summed E-state index contributed by atoms with van der Waals surface area (Å²) < 4.78 is 0. The number of nitrogens with zero attached hydrogens (tertiary/aromatic N) is 2. The van der Waals surface area contributed by atoms with Gasteiger partial charge in [0.15, 0.2) is 0 Å². The summed E-state index contributed by atoms with van der Waals surface area (Å²) in [5.74, 6) is 0.125. The van der Waals surface area contributed by atoms with E-state index in [-0.39, 0.29) is 24.2 Å². The predicted octanol–water partition coefficient (Wildman–Crippen LogP) is 1.13. The normalized spacial score (nSPS) is 15.1. The van der Waals surface area contributed by atoms with E-state index in [2.05, 4.69) is 0 Å². The monoisotopic (exact) mass is 311 g/mol. The summed E-state index contributed by atoms with van der Waals surface area (Å²) in [5, 5.41) is 0. The topological polar surface area (TPSA) is 66.6 Å². The van der Waals surface area contributed by atoms with Crippen molar-refractivity contribution in [1.29, 1.82) is 0 Å². The van der Waals surface area contributed by atoms with Crippen molar-refractivity contribution in [3.05, 3.63) is 35.9 Å². The number of carbonyl (C=O) groups excluding carboxylic acids is 2. The lowest BCUT2D eigenvalue weighted by Crippen LogP contribution is -2.37. The molecule has 1 aromatic carbocycles. The van der Waals surface area contributed by atoms with E-state index in [0.717, 1.165) is 6.42 Å². The Bertz CT molecular complexity index is 467. The smallest absolute Gasteiger partial charge is 0.253 e. The Hall–Kier alpha value is -1.59. The van der Waals surface area contributed by atoms with Crippen LogP contribution in [-0.4, -0.2) is 54.3 Å². The van der Waals surface area contributed by atoms with Crippen LogP contribution in [0.3, 0.4) is 0 Å². The van der Waals surface area contributed by atoms with Gasteiger partial charge in [-0.2, -0.15) is 0 Å². The number of hydrogen-bond acceptors (Lipinski definition) is 3. The second kappa shape index (κ2) is 8.64. The van der Waals surface area contributed by atoms with Gasteiger partial charge < -0.3 is 15.5 Å². The molecule has 0 atom stereocenters. The Morgan fingerprint density at radius 1 is 1.00 bits per heavy atom. The quantitative estimate of drug-likeness (QED) is 0.910. The maximum absolute atomic E-state index is 12.4. The van der Waals surface area contributed by atoms with E-state index in [1.54, 1.807) is 0 Å². The average Bonchev–Trinajstić information content (AvgIpc) is 2.73. The fraction of sp³-hybridized carbons (Fsp3) is 0.467. The maximum atomic E-state index is 12.4. The van der Waals surface area contributed by atoms with Crippen LogP contribution in [0.1, 0.15) is 23.2 Å². The molecule has 1 aliphatic rings. The highest BCUT2D eigenvalue weighted by molar-refractivity contribution is 5.94. The molecule has 1 fully saturated rings. The van der Waals surface area contributed by atoms with E-state index in [0.29, 0.717) is 44.7 Å². The van der Waals surface area contributed by atoms with Gasteiger partial charge in [-0.1, -0.05) is 18.2 Å². The van der Waals surface area contributed by atoms with Crippen LogP contribution < -0.4 is 5.73 Å². The second-order valence-corrected chi connectivity index (χ2v) is 4.93. The fourth-order valence-electron chi connectivity index (χ4n) is 2.41. The summed E-state index contributed by atoms with van der Waals surface area (Å²) in [4.78, 5) is 27.8. The molecule has 1 heterocycles. The third-order valence-corrected chi connectivity index (χ3v) is 3.51. The molecule has 0 spiro atoms. The molecule has 1 aromatic rings. The molecular formula is C15H22ClN3O2.